The Labute approximate surface area is 71.7 Å². The first-order chi connectivity index (χ1) is 6.05. The van der Waals surface area contributed by atoms with E-state index in [1.54, 1.807) is 0 Å². The maximum atomic E-state index is 12.0. The van der Waals surface area contributed by atoms with E-state index in [1.165, 1.54) is 0 Å². The van der Waals surface area contributed by atoms with Crippen LogP contribution in [0.4, 0.5) is 39.5 Å². The monoisotopic (exact) mass is 233 g/mol. The molecule has 0 bridgehead atoms. The lowest BCUT2D eigenvalue weighted by Gasteiger charge is -2.27. The van der Waals surface area contributed by atoms with Crippen LogP contribution in [-0.4, -0.2) is 24.4 Å². The van der Waals surface area contributed by atoms with Gasteiger partial charge < -0.3 is 0 Å². The van der Waals surface area contributed by atoms with Gasteiger partial charge in [-0.1, -0.05) is 0 Å². The molecule has 0 nitrogen and oxygen atoms in total. The van der Waals surface area contributed by atoms with Gasteiger partial charge in [0.25, 0.3) is 0 Å². The number of hydrogen-bond acceptors (Lipinski definition) is 0. The van der Waals surface area contributed by atoms with Crippen LogP contribution in [0, 0.1) is 6.43 Å². The molecule has 0 aliphatic heterocycles. The molecule has 0 saturated heterocycles. The fourth-order valence-corrected chi connectivity index (χ4v) is 0.451. The van der Waals surface area contributed by atoms with Gasteiger partial charge in [-0.3, -0.25) is 0 Å². The molecule has 85 valence electrons. The van der Waals surface area contributed by atoms with Crippen molar-refractivity contribution in [3.05, 3.63) is 6.43 Å². The summed E-state index contributed by atoms with van der Waals surface area (Å²) in [5, 5.41) is 0. The predicted octanol–water partition coefficient (Wildman–Crippen LogP) is 3.29. The molecule has 0 spiro atoms. The molecule has 1 radical (unpaired) electrons. The third kappa shape index (κ3) is 2.06. The van der Waals surface area contributed by atoms with Gasteiger partial charge >= 0.3 is 24.7 Å². The topological polar surface area (TPSA) is 0 Å². The second kappa shape index (κ2) is 3.85. The van der Waals surface area contributed by atoms with Crippen molar-refractivity contribution in [2.75, 3.05) is 0 Å². The van der Waals surface area contributed by atoms with Gasteiger partial charge in [-0.15, -0.1) is 0 Å². The van der Waals surface area contributed by atoms with Crippen LogP contribution in [-0.2, 0) is 0 Å². The lowest BCUT2D eigenvalue weighted by atomic mass is 10.1. The molecule has 1 unspecified atom stereocenters. The summed E-state index contributed by atoms with van der Waals surface area (Å²) in [5.74, 6) is -12.3. The molecule has 0 amide bonds. The predicted molar refractivity (Wildman–Crippen MR) is 26.3 cm³/mol. The van der Waals surface area contributed by atoms with Crippen LogP contribution in [0.15, 0.2) is 0 Å². The number of halogens is 9. The summed E-state index contributed by atoms with van der Waals surface area (Å²) in [7, 11) is 0. The SMILES string of the molecule is F[C](F)C(F)C(F)(F)C(F)(F)C(F)F. The van der Waals surface area contributed by atoms with E-state index in [1.807, 2.05) is 0 Å². The van der Waals surface area contributed by atoms with Gasteiger partial charge in [-0.05, 0) is 0 Å². The molecular weight excluding hydrogens is 231 g/mol. The maximum Gasteiger partial charge on any atom is 0.372 e. The first kappa shape index (κ1) is 13.4. The maximum absolute atomic E-state index is 12.0. The zero-order chi connectivity index (χ0) is 11.7. The summed E-state index contributed by atoms with van der Waals surface area (Å²) in [6.07, 6.45) is -13.3. The Kier molecular flexibility index (Phi) is 3.68. The van der Waals surface area contributed by atoms with E-state index >= 15 is 0 Å². The van der Waals surface area contributed by atoms with Crippen LogP contribution in [0.2, 0.25) is 0 Å². The Bertz CT molecular complexity index is 186. The second-order valence-electron chi connectivity index (χ2n) is 2.20. The van der Waals surface area contributed by atoms with Gasteiger partial charge in [-0.2, -0.15) is 26.3 Å². The third-order valence-electron chi connectivity index (χ3n) is 1.23. The van der Waals surface area contributed by atoms with Crippen LogP contribution in [0.3, 0.4) is 0 Å². The van der Waals surface area contributed by atoms with E-state index < -0.39 is 30.9 Å². The normalized spacial score (nSPS) is 16.5. The fourth-order valence-electron chi connectivity index (χ4n) is 0.451. The van der Waals surface area contributed by atoms with Gasteiger partial charge in [0.1, 0.15) is 0 Å². The molecule has 0 rings (SSSR count). The number of rotatable bonds is 4. The van der Waals surface area contributed by atoms with Gasteiger partial charge in [0.15, 0.2) is 0 Å². The van der Waals surface area contributed by atoms with Crippen molar-refractivity contribution >= 4 is 0 Å². The highest BCUT2D eigenvalue weighted by Crippen LogP contribution is 2.45. The number of alkyl halides is 7. The first-order valence-electron chi connectivity index (χ1n) is 2.90. The van der Waals surface area contributed by atoms with Crippen LogP contribution in [0.25, 0.3) is 0 Å². The molecule has 0 fully saturated rings. The van der Waals surface area contributed by atoms with Crippen molar-refractivity contribution in [2.24, 2.45) is 0 Å². The average molecular weight is 233 g/mol. The Morgan fingerprint density at radius 3 is 1.36 bits per heavy atom. The Morgan fingerprint density at radius 2 is 1.14 bits per heavy atom. The molecule has 0 aromatic heterocycles. The van der Waals surface area contributed by atoms with Crippen molar-refractivity contribution in [2.45, 2.75) is 24.4 Å². The summed E-state index contributed by atoms with van der Waals surface area (Å²) in [6, 6.07) is 0. The Morgan fingerprint density at radius 1 is 0.786 bits per heavy atom. The van der Waals surface area contributed by atoms with E-state index in [0.717, 1.165) is 0 Å². The van der Waals surface area contributed by atoms with Crippen molar-refractivity contribution in [1.82, 2.24) is 0 Å². The molecule has 0 aromatic rings. The molecule has 0 N–H and O–H groups in total. The molecule has 9 heteroatoms. The molecule has 0 aliphatic rings. The third-order valence-corrected chi connectivity index (χ3v) is 1.23. The Balaban J connectivity index is 4.93. The highest BCUT2D eigenvalue weighted by atomic mass is 19.3. The van der Waals surface area contributed by atoms with Gasteiger partial charge in [0, 0.05) is 0 Å². The molecule has 0 heterocycles. The van der Waals surface area contributed by atoms with Gasteiger partial charge in [-0.25, -0.2) is 13.2 Å². The quantitative estimate of drug-likeness (QED) is 0.653. The van der Waals surface area contributed by atoms with Gasteiger partial charge in [0.2, 0.25) is 6.17 Å². The molecule has 0 aromatic carbocycles. The number of hydrogen-bond donors (Lipinski definition) is 0. The minimum atomic E-state index is -6.14. The van der Waals surface area contributed by atoms with Crippen LogP contribution >= 0.6 is 0 Å². The van der Waals surface area contributed by atoms with Crippen molar-refractivity contribution in [3.8, 4) is 0 Å². The van der Waals surface area contributed by atoms with Crippen LogP contribution in [0.5, 0.6) is 0 Å². The lowest BCUT2D eigenvalue weighted by molar-refractivity contribution is -0.288. The van der Waals surface area contributed by atoms with Gasteiger partial charge in [0.05, 0.1) is 0 Å². The standard InChI is InChI=1S/C5H2F9/c6-1(2(7)8)4(11,12)5(13,14)3(9)10/h1,3H. The van der Waals surface area contributed by atoms with Crippen molar-refractivity contribution in [3.63, 3.8) is 0 Å². The summed E-state index contributed by atoms with van der Waals surface area (Å²) < 4.78 is 104. The molecule has 0 aliphatic carbocycles. The first-order valence-corrected chi connectivity index (χ1v) is 2.90. The minimum absolute atomic E-state index is 3.68. The summed E-state index contributed by atoms with van der Waals surface area (Å²) in [6.45, 7) is 0. The lowest BCUT2D eigenvalue weighted by Crippen LogP contribution is -2.53. The van der Waals surface area contributed by atoms with E-state index in [0.29, 0.717) is 0 Å². The van der Waals surface area contributed by atoms with Crippen molar-refractivity contribution in [1.29, 1.82) is 0 Å². The minimum Gasteiger partial charge on any atom is -0.234 e. The molecule has 14 heavy (non-hydrogen) atoms. The van der Waals surface area contributed by atoms with Crippen LogP contribution in [0.1, 0.15) is 0 Å². The smallest absolute Gasteiger partial charge is 0.234 e. The summed E-state index contributed by atoms with van der Waals surface area (Å²) in [5.41, 5.74) is 0. The second-order valence-corrected chi connectivity index (χ2v) is 2.20. The summed E-state index contributed by atoms with van der Waals surface area (Å²) in [4.78, 5) is 0. The van der Waals surface area contributed by atoms with Crippen LogP contribution < -0.4 is 0 Å². The zero-order valence-electron chi connectivity index (χ0n) is 6.06. The van der Waals surface area contributed by atoms with E-state index in [2.05, 4.69) is 0 Å². The fraction of sp³-hybridized carbons (Fsp3) is 0.800. The van der Waals surface area contributed by atoms with Crippen molar-refractivity contribution < 1.29 is 39.5 Å². The van der Waals surface area contributed by atoms with E-state index in [4.69, 9.17) is 0 Å². The van der Waals surface area contributed by atoms with E-state index in [-0.39, 0.29) is 0 Å². The molecule has 0 saturated carbocycles. The average Bonchev–Trinajstić information content (AvgIpc) is 2.01. The highest BCUT2D eigenvalue weighted by molar-refractivity contribution is 4.98. The summed E-state index contributed by atoms with van der Waals surface area (Å²) >= 11 is 0. The highest BCUT2D eigenvalue weighted by Gasteiger charge is 2.69. The largest absolute Gasteiger partial charge is 0.372 e. The van der Waals surface area contributed by atoms with E-state index in [9.17, 15) is 39.5 Å². The molecule has 1 atom stereocenters. The zero-order valence-corrected chi connectivity index (χ0v) is 6.06. The Hall–Kier alpha value is -0.630. The molecular formula is C5H2F9.